The molecule has 0 aliphatic heterocycles. The minimum absolute atomic E-state index is 0.0150. The smallest absolute Gasteiger partial charge is 0.337 e. The number of carbonyl (C=O) groups is 1. The first-order valence-electron chi connectivity index (χ1n) is 6.24. The van der Waals surface area contributed by atoms with Gasteiger partial charge in [0.15, 0.2) is 0 Å². The van der Waals surface area contributed by atoms with Crippen molar-refractivity contribution in [2.45, 2.75) is 0 Å². The number of nitrogens with one attached hydrogen (secondary N) is 1. The van der Waals surface area contributed by atoms with Gasteiger partial charge in [-0.3, -0.25) is 4.98 Å². The molecule has 6 nitrogen and oxygen atoms in total. The number of nitrogens with zero attached hydrogens (tertiary/aromatic N) is 2. The van der Waals surface area contributed by atoms with Gasteiger partial charge in [-0.15, -0.1) is 0 Å². The Hall–Kier alpha value is -3.15. The molecule has 104 valence electrons. The quantitative estimate of drug-likeness (QED) is 0.681. The third kappa shape index (κ3) is 2.59. The van der Waals surface area contributed by atoms with Crippen LogP contribution in [0.2, 0.25) is 0 Å². The van der Waals surface area contributed by atoms with Gasteiger partial charge in [0.1, 0.15) is 5.82 Å². The monoisotopic (exact) mass is 280 g/mol. The topological polar surface area (TPSA) is 101 Å². The molecule has 0 aliphatic rings. The Morgan fingerprint density at radius 3 is 2.76 bits per heavy atom. The Morgan fingerprint density at radius 2 is 1.95 bits per heavy atom. The van der Waals surface area contributed by atoms with Crippen LogP contribution in [0.4, 0.5) is 17.2 Å². The van der Waals surface area contributed by atoms with Crippen LogP contribution in [0.1, 0.15) is 10.4 Å². The number of carboxylic acids is 1. The highest BCUT2D eigenvalue weighted by Gasteiger charge is 2.10. The SMILES string of the molecule is Nc1cnc(Nc2cnc3ccccc3c2)cc1C(=O)O. The van der Waals surface area contributed by atoms with Gasteiger partial charge in [-0.05, 0) is 18.2 Å². The number of rotatable bonds is 3. The van der Waals surface area contributed by atoms with E-state index in [-0.39, 0.29) is 11.3 Å². The summed E-state index contributed by atoms with van der Waals surface area (Å²) in [6.07, 6.45) is 2.99. The number of hydrogen-bond donors (Lipinski definition) is 3. The summed E-state index contributed by atoms with van der Waals surface area (Å²) in [5.74, 6) is -0.687. The fraction of sp³-hybridized carbons (Fsp3) is 0. The number of aromatic nitrogens is 2. The van der Waals surface area contributed by atoms with Crippen molar-refractivity contribution >= 4 is 34.1 Å². The minimum Gasteiger partial charge on any atom is -0.478 e. The molecule has 0 spiro atoms. The van der Waals surface area contributed by atoms with Crippen LogP contribution in [-0.2, 0) is 0 Å². The second-order valence-corrected chi connectivity index (χ2v) is 4.50. The van der Waals surface area contributed by atoms with Crippen molar-refractivity contribution < 1.29 is 9.90 Å². The fourth-order valence-electron chi connectivity index (χ4n) is 2.01. The van der Waals surface area contributed by atoms with Crippen molar-refractivity contribution in [1.29, 1.82) is 0 Å². The van der Waals surface area contributed by atoms with Crippen molar-refractivity contribution in [2.75, 3.05) is 11.1 Å². The normalized spacial score (nSPS) is 10.5. The average Bonchev–Trinajstić information content (AvgIpc) is 2.49. The fourth-order valence-corrected chi connectivity index (χ4v) is 2.01. The maximum atomic E-state index is 11.1. The molecule has 0 radical (unpaired) electrons. The van der Waals surface area contributed by atoms with E-state index < -0.39 is 5.97 Å². The number of anilines is 3. The van der Waals surface area contributed by atoms with E-state index in [1.165, 1.54) is 12.3 Å². The third-order valence-electron chi connectivity index (χ3n) is 3.03. The molecule has 0 unspecified atom stereocenters. The van der Waals surface area contributed by atoms with Crippen molar-refractivity contribution in [3.8, 4) is 0 Å². The van der Waals surface area contributed by atoms with Crippen LogP contribution in [0.5, 0.6) is 0 Å². The predicted octanol–water partition coefficient (Wildman–Crippen LogP) is 2.65. The van der Waals surface area contributed by atoms with Crippen molar-refractivity contribution in [2.24, 2.45) is 0 Å². The van der Waals surface area contributed by atoms with Crippen molar-refractivity contribution in [1.82, 2.24) is 9.97 Å². The van der Waals surface area contributed by atoms with E-state index in [2.05, 4.69) is 15.3 Å². The Labute approximate surface area is 120 Å². The molecule has 6 heteroatoms. The van der Waals surface area contributed by atoms with Gasteiger partial charge in [-0.2, -0.15) is 0 Å². The van der Waals surface area contributed by atoms with Crippen LogP contribution in [0, 0.1) is 0 Å². The molecule has 0 bridgehead atoms. The minimum atomic E-state index is -1.09. The zero-order chi connectivity index (χ0) is 14.8. The Bertz CT molecular complexity index is 833. The molecule has 2 heterocycles. The van der Waals surface area contributed by atoms with E-state index in [1.54, 1.807) is 6.20 Å². The Kier molecular flexibility index (Phi) is 3.12. The number of carboxylic acid groups (broad SMARTS) is 1. The summed E-state index contributed by atoms with van der Waals surface area (Å²) in [5.41, 5.74) is 7.33. The summed E-state index contributed by atoms with van der Waals surface area (Å²) in [6, 6.07) is 11.0. The van der Waals surface area contributed by atoms with E-state index in [0.717, 1.165) is 16.6 Å². The van der Waals surface area contributed by atoms with Gasteiger partial charge < -0.3 is 16.2 Å². The molecular formula is C15H12N4O2. The molecule has 3 aromatic rings. The average molecular weight is 280 g/mol. The van der Waals surface area contributed by atoms with Gasteiger partial charge in [-0.25, -0.2) is 9.78 Å². The second-order valence-electron chi connectivity index (χ2n) is 4.50. The Balaban J connectivity index is 1.94. The standard InChI is InChI=1S/C15H12N4O2/c16-12-8-18-14(6-11(12)15(20)21)19-10-5-9-3-1-2-4-13(9)17-7-10/h1-8H,16H2,(H,18,19)(H,20,21). The molecule has 0 fully saturated rings. The molecule has 2 aromatic heterocycles. The molecule has 3 rings (SSSR count). The Morgan fingerprint density at radius 1 is 1.14 bits per heavy atom. The van der Waals surface area contributed by atoms with E-state index in [1.807, 2.05) is 30.3 Å². The highest BCUT2D eigenvalue weighted by atomic mass is 16.4. The number of benzene rings is 1. The van der Waals surface area contributed by atoms with Crippen molar-refractivity contribution in [3.05, 3.63) is 54.4 Å². The molecule has 1 aromatic carbocycles. The maximum absolute atomic E-state index is 11.1. The lowest BCUT2D eigenvalue weighted by Crippen LogP contribution is -2.05. The first-order valence-corrected chi connectivity index (χ1v) is 6.24. The van der Waals surface area contributed by atoms with Gasteiger partial charge in [0.05, 0.1) is 34.8 Å². The van der Waals surface area contributed by atoms with Crippen LogP contribution in [0.3, 0.4) is 0 Å². The zero-order valence-corrected chi connectivity index (χ0v) is 10.9. The van der Waals surface area contributed by atoms with Gasteiger partial charge >= 0.3 is 5.97 Å². The molecule has 4 N–H and O–H groups in total. The largest absolute Gasteiger partial charge is 0.478 e. The zero-order valence-electron chi connectivity index (χ0n) is 10.9. The molecule has 0 aliphatic carbocycles. The summed E-state index contributed by atoms with van der Waals surface area (Å²) in [5, 5.41) is 13.1. The van der Waals surface area contributed by atoms with E-state index in [4.69, 9.17) is 10.8 Å². The highest BCUT2D eigenvalue weighted by molar-refractivity contribution is 5.94. The summed E-state index contributed by atoms with van der Waals surface area (Å²) in [4.78, 5) is 19.4. The number of nitrogens with two attached hydrogens (primary N) is 1. The molecule has 0 atom stereocenters. The maximum Gasteiger partial charge on any atom is 0.337 e. The molecular weight excluding hydrogens is 268 g/mol. The van der Waals surface area contributed by atoms with E-state index in [9.17, 15) is 4.79 Å². The first kappa shape index (κ1) is 12.9. The number of hydrogen-bond acceptors (Lipinski definition) is 5. The number of para-hydroxylation sites is 1. The summed E-state index contributed by atoms with van der Waals surface area (Å²) in [7, 11) is 0. The first-order chi connectivity index (χ1) is 10.1. The van der Waals surface area contributed by atoms with Crippen LogP contribution < -0.4 is 11.1 Å². The number of fused-ring (bicyclic) bond motifs is 1. The van der Waals surface area contributed by atoms with E-state index >= 15 is 0 Å². The number of pyridine rings is 2. The third-order valence-corrected chi connectivity index (χ3v) is 3.03. The van der Waals surface area contributed by atoms with Gasteiger partial charge in [0.25, 0.3) is 0 Å². The summed E-state index contributed by atoms with van der Waals surface area (Å²) in [6.45, 7) is 0. The molecule has 0 saturated carbocycles. The predicted molar refractivity (Wildman–Crippen MR) is 80.6 cm³/mol. The lowest BCUT2D eigenvalue weighted by Gasteiger charge is -2.08. The highest BCUT2D eigenvalue weighted by Crippen LogP contribution is 2.21. The second kappa shape index (κ2) is 5.09. The van der Waals surface area contributed by atoms with E-state index in [0.29, 0.717) is 5.82 Å². The summed E-state index contributed by atoms with van der Waals surface area (Å²) >= 11 is 0. The van der Waals surface area contributed by atoms with Gasteiger partial charge in [0, 0.05) is 5.39 Å². The molecule has 0 saturated heterocycles. The number of aromatic carboxylic acids is 1. The van der Waals surface area contributed by atoms with Crippen LogP contribution in [0.25, 0.3) is 10.9 Å². The lowest BCUT2D eigenvalue weighted by molar-refractivity contribution is 0.0698. The van der Waals surface area contributed by atoms with Crippen LogP contribution >= 0.6 is 0 Å². The van der Waals surface area contributed by atoms with Crippen LogP contribution in [-0.4, -0.2) is 21.0 Å². The lowest BCUT2D eigenvalue weighted by atomic mass is 10.2. The van der Waals surface area contributed by atoms with Crippen molar-refractivity contribution in [3.63, 3.8) is 0 Å². The van der Waals surface area contributed by atoms with Gasteiger partial charge in [-0.1, -0.05) is 18.2 Å². The van der Waals surface area contributed by atoms with Gasteiger partial charge in [0.2, 0.25) is 0 Å². The summed E-state index contributed by atoms with van der Waals surface area (Å²) < 4.78 is 0. The molecule has 0 amide bonds. The van der Waals surface area contributed by atoms with Crippen LogP contribution in [0.15, 0.2) is 48.8 Å². The molecule has 21 heavy (non-hydrogen) atoms. The number of nitrogen functional groups attached to an aromatic ring is 1.